The first-order valence-electron chi connectivity index (χ1n) is 18.8. The molecule has 1 unspecified atom stereocenters. The average molecular weight is 811 g/mol. The summed E-state index contributed by atoms with van der Waals surface area (Å²) in [5.74, 6) is 2.02. The summed E-state index contributed by atoms with van der Waals surface area (Å²) in [5, 5.41) is 5.49. The average Bonchev–Trinajstić information content (AvgIpc) is 3.76. The van der Waals surface area contributed by atoms with Crippen LogP contribution in [-0.2, 0) is 20.8 Å². The van der Waals surface area contributed by atoms with Crippen LogP contribution in [0.25, 0.3) is 43.8 Å². The SMILES string of the molecule is CCCC(C)c1cc2c(-c3ccc(C(C)C)cc3)cccc2[cH-]1.C[Si]C.Cc1cc2c(-c3ccc(C4CCCCC4)cc3)cccc2[cH-]1.[Cl][Zr+2][Cl]. The van der Waals surface area contributed by atoms with Crippen molar-refractivity contribution in [2.24, 2.45) is 0 Å². The summed E-state index contributed by atoms with van der Waals surface area (Å²) in [4.78, 5) is 0. The second-order valence-corrected chi connectivity index (χ2v) is 19.2. The summed E-state index contributed by atoms with van der Waals surface area (Å²) >= 11 is -0.826. The Morgan fingerprint density at radius 1 is 0.725 bits per heavy atom. The van der Waals surface area contributed by atoms with Crippen molar-refractivity contribution in [3.8, 4) is 22.3 Å². The molecule has 51 heavy (non-hydrogen) atoms. The van der Waals surface area contributed by atoms with E-state index in [4.69, 9.17) is 17.0 Å². The van der Waals surface area contributed by atoms with Gasteiger partial charge in [-0.3, -0.25) is 0 Å². The van der Waals surface area contributed by atoms with Gasteiger partial charge < -0.3 is 0 Å². The Morgan fingerprint density at radius 3 is 1.76 bits per heavy atom. The minimum absolute atomic E-state index is 0.584. The van der Waals surface area contributed by atoms with Crippen molar-refractivity contribution in [2.75, 3.05) is 0 Å². The standard InChI is InChI=1S/C23H27.C22H23.C2H6Si.2ClH.Zr/c1-5-7-17(4)21-14-20-8-6-9-22(23(20)15-21)19-12-10-18(11-13-19)16(2)3;1-16-14-20-8-5-9-21(22(20)15-16)19-12-10-18(11-13-19)17-6-3-2-4-7-17;1-3-2;;;/h6,8-17H,5,7H2,1-4H3;5,8-15,17H,2-4,6-7H2,1H3;1-2H3;2*1H;/q2*-1;;;;+4/p-2. The number of benzene rings is 4. The van der Waals surface area contributed by atoms with E-state index in [1.165, 1.54) is 111 Å². The molecule has 2 radical (unpaired) electrons. The number of fused-ring (bicyclic) bond motifs is 2. The molecule has 0 nitrogen and oxygen atoms in total. The number of aryl methyl sites for hydroxylation is 1. The van der Waals surface area contributed by atoms with E-state index >= 15 is 0 Å². The van der Waals surface area contributed by atoms with Crippen LogP contribution >= 0.6 is 17.0 Å². The molecule has 6 aromatic carbocycles. The number of rotatable bonds is 7. The fourth-order valence-electron chi connectivity index (χ4n) is 7.45. The molecule has 0 amide bonds. The van der Waals surface area contributed by atoms with Gasteiger partial charge in [0.25, 0.3) is 0 Å². The molecular formula is C47H56Cl2SiZr. The van der Waals surface area contributed by atoms with Gasteiger partial charge in [0.15, 0.2) is 0 Å². The van der Waals surface area contributed by atoms with E-state index in [0.717, 1.165) is 15.4 Å². The van der Waals surface area contributed by atoms with Gasteiger partial charge in [0.05, 0.1) is 0 Å². The number of hydrogen-bond acceptors (Lipinski definition) is 0. The van der Waals surface area contributed by atoms with E-state index in [9.17, 15) is 0 Å². The first-order chi connectivity index (χ1) is 24.7. The zero-order valence-corrected chi connectivity index (χ0v) is 36.8. The van der Waals surface area contributed by atoms with Crippen LogP contribution in [0, 0.1) is 6.92 Å². The third kappa shape index (κ3) is 11.6. The maximum atomic E-state index is 4.93. The third-order valence-electron chi connectivity index (χ3n) is 10.1. The van der Waals surface area contributed by atoms with Gasteiger partial charge in [-0.15, -0.1) is 69.1 Å². The molecule has 7 rings (SSSR count). The summed E-state index contributed by atoms with van der Waals surface area (Å²) in [5.41, 5.74) is 11.1. The van der Waals surface area contributed by atoms with Crippen molar-refractivity contribution in [1.82, 2.24) is 0 Å². The molecule has 266 valence electrons. The Balaban J connectivity index is 0.000000199. The van der Waals surface area contributed by atoms with Gasteiger partial charge in [-0.05, 0) is 59.3 Å². The molecule has 0 heterocycles. The number of hydrogen-bond donors (Lipinski definition) is 0. The maximum absolute atomic E-state index is 4.93. The molecule has 1 saturated carbocycles. The molecular weight excluding hydrogens is 755 g/mol. The Labute approximate surface area is 330 Å². The van der Waals surface area contributed by atoms with Crippen LogP contribution in [0.2, 0.25) is 13.1 Å². The van der Waals surface area contributed by atoms with Gasteiger partial charge in [-0.2, -0.15) is 12.1 Å². The molecule has 0 N–H and O–H groups in total. The predicted molar refractivity (Wildman–Crippen MR) is 227 cm³/mol. The van der Waals surface area contributed by atoms with Gasteiger partial charge in [0.1, 0.15) is 0 Å². The van der Waals surface area contributed by atoms with Gasteiger partial charge in [0.2, 0.25) is 0 Å². The van der Waals surface area contributed by atoms with Crippen molar-refractivity contribution >= 4 is 48.1 Å². The predicted octanol–water partition coefficient (Wildman–Crippen LogP) is 16.0. The quantitative estimate of drug-likeness (QED) is 0.111. The molecule has 0 bridgehead atoms. The van der Waals surface area contributed by atoms with Crippen LogP contribution < -0.4 is 0 Å². The van der Waals surface area contributed by atoms with E-state index in [-0.39, 0.29) is 0 Å². The Hall–Kier alpha value is -2.22. The molecule has 0 spiro atoms. The van der Waals surface area contributed by atoms with Crippen molar-refractivity contribution in [3.05, 3.63) is 131 Å². The monoisotopic (exact) mass is 808 g/mol. The first kappa shape index (κ1) is 41.5. The van der Waals surface area contributed by atoms with Crippen molar-refractivity contribution < 1.29 is 20.8 Å². The zero-order valence-electron chi connectivity index (χ0n) is 31.8. The van der Waals surface area contributed by atoms with E-state index in [2.05, 4.69) is 157 Å². The third-order valence-corrected chi connectivity index (χ3v) is 10.1. The van der Waals surface area contributed by atoms with Gasteiger partial charge in [-0.25, -0.2) is 0 Å². The van der Waals surface area contributed by atoms with Gasteiger partial charge in [0, 0.05) is 9.52 Å². The molecule has 0 saturated heterocycles. The van der Waals surface area contributed by atoms with Crippen LogP contribution in [0.3, 0.4) is 0 Å². The van der Waals surface area contributed by atoms with Crippen LogP contribution in [0.1, 0.15) is 113 Å². The van der Waals surface area contributed by atoms with E-state index < -0.39 is 20.8 Å². The Bertz CT molecular complexity index is 1870. The van der Waals surface area contributed by atoms with E-state index in [1.54, 1.807) is 0 Å². The topological polar surface area (TPSA) is 0 Å². The first-order valence-corrected chi connectivity index (χ1v) is 27.2. The summed E-state index contributed by atoms with van der Waals surface area (Å²) < 4.78 is 0. The summed E-state index contributed by atoms with van der Waals surface area (Å²) in [7, 11) is 11.0. The summed E-state index contributed by atoms with van der Waals surface area (Å²) in [6.07, 6.45) is 9.47. The van der Waals surface area contributed by atoms with Crippen LogP contribution in [-0.4, -0.2) is 9.52 Å². The van der Waals surface area contributed by atoms with Crippen LogP contribution in [0.5, 0.6) is 0 Å². The Kier molecular flexibility index (Phi) is 17.5. The molecule has 4 heteroatoms. The molecule has 1 fully saturated rings. The van der Waals surface area contributed by atoms with Gasteiger partial charge in [-0.1, -0.05) is 145 Å². The van der Waals surface area contributed by atoms with Crippen molar-refractivity contribution in [2.45, 2.75) is 110 Å². The van der Waals surface area contributed by atoms with Crippen LogP contribution in [0.15, 0.2) is 109 Å². The van der Waals surface area contributed by atoms with E-state index in [0.29, 0.717) is 11.8 Å². The fraction of sp³-hybridized carbons (Fsp3) is 0.362. The second-order valence-electron chi connectivity index (χ2n) is 14.4. The van der Waals surface area contributed by atoms with Crippen LogP contribution in [0.4, 0.5) is 0 Å². The molecule has 1 atom stereocenters. The summed E-state index contributed by atoms with van der Waals surface area (Å²) in [6, 6.07) is 41.1. The number of halogens is 2. The molecule has 0 aromatic heterocycles. The molecule has 6 aromatic rings. The van der Waals surface area contributed by atoms with Crippen molar-refractivity contribution in [3.63, 3.8) is 0 Å². The van der Waals surface area contributed by atoms with E-state index in [1.807, 2.05) is 0 Å². The molecule has 0 aliphatic heterocycles. The molecule has 1 aliphatic carbocycles. The Morgan fingerprint density at radius 2 is 1.24 bits per heavy atom. The normalized spacial score (nSPS) is 13.4. The zero-order chi connectivity index (χ0) is 36.8. The second kappa shape index (κ2) is 21.5. The van der Waals surface area contributed by atoms with Gasteiger partial charge >= 0.3 is 37.9 Å². The summed E-state index contributed by atoms with van der Waals surface area (Å²) in [6.45, 7) is 15.6. The fourth-order valence-corrected chi connectivity index (χ4v) is 7.45. The molecule has 1 aliphatic rings. The minimum atomic E-state index is -0.826. The van der Waals surface area contributed by atoms with Crippen molar-refractivity contribution in [1.29, 1.82) is 0 Å².